The van der Waals surface area contributed by atoms with Gasteiger partial charge in [-0.3, -0.25) is 0 Å². The van der Waals surface area contributed by atoms with E-state index in [0.29, 0.717) is 11.6 Å². The maximum absolute atomic E-state index is 5.98. The Hall–Kier alpha value is -0.580. The molecule has 0 aromatic carbocycles. The molecule has 0 atom stereocenters. The summed E-state index contributed by atoms with van der Waals surface area (Å²) in [5, 5.41) is 0.620. The van der Waals surface area contributed by atoms with Crippen LogP contribution in [-0.4, -0.2) is 9.38 Å². The highest BCUT2D eigenvalue weighted by Gasteiger charge is 2.04. The van der Waals surface area contributed by atoms with Crippen LogP contribution in [0.4, 0.5) is 0 Å². The Morgan fingerprint density at radius 3 is 3.00 bits per heavy atom. The van der Waals surface area contributed by atoms with Crippen molar-refractivity contribution in [2.24, 2.45) is 5.73 Å². The second-order valence-electron chi connectivity index (χ2n) is 2.67. The number of nitrogens with two attached hydrogens (primary N) is 1. The van der Waals surface area contributed by atoms with Crippen molar-refractivity contribution in [2.75, 3.05) is 0 Å². The van der Waals surface area contributed by atoms with E-state index < -0.39 is 0 Å². The molecule has 2 N–H and O–H groups in total. The van der Waals surface area contributed by atoms with Gasteiger partial charge in [0.15, 0.2) is 5.65 Å². The van der Waals surface area contributed by atoms with Gasteiger partial charge in [-0.05, 0) is 22.0 Å². The monoisotopic (exact) mass is 259 g/mol. The van der Waals surface area contributed by atoms with Crippen molar-refractivity contribution in [3.63, 3.8) is 0 Å². The number of hydrogen-bond donors (Lipinski definition) is 1. The summed E-state index contributed by atoms with van der Waals surface area (Å²) >= 11 is 9.33. The van der Waals surface area contributed by atoms with Gasteiger partial charge in [-0.15, -0.1) is 0 Å². The first-order valence-electron chi connectivity index (χ1n) is 3.73. The molecule has 2 heterocycles. The Morgan fingerprint density at radius 1 is 1.54 bits per heavy atom. The Morgan fingerprint density at radius 2 is 2.31 bits per heavy atom. The summed E-state index contributed by atoms with van der Waals surface area (Å²) in [5.41, 5.74) is 7.05. The minimum Gasteiger partial charge on any atom is -0.325 e. The van der Waals surface area contributed by atoms with Crippen LogP contribution in [0.25, 0.3) is 5.65 Å². The lowest BCUT2D eigenvalue weighted by Crippen LogP contribution is -1.95. The van der Waals surface area contributed by atoms with E-state index in [1.807, 2.05) is 22.9 Å². The van der Waals surface area contributed by atoms with Gasteiger partial charge in [-0.1, -0.05) is 11.6 Å². The zero-order valence-electron chi connectivity index (χ0n) is 6.67. The van der Waals surface area contributed by atoms with Crippen molar-refractivity contribution in [3.05, 3.63) is 33.6 Å². The molecule has 0 aliphatic rings. The van der Waals surface area contributed by atoms with E-state index in [2.05, 4.69) is 20.9 Å². The maximum atomic E-state index is 5.98. The third kappa shape index (κ3) is 1.57. The van der Waals surface area contributed by atoms with Gasteiger partial charge in [0.2, 0.25) is 0 Å². The quantitative estimate of drug-likeness (QED) is 0.854. The molecule has 2 aromatic heterocycles. The van der Waals surface area contributed by atoms with Gasteiger partial charge in [0, 0.05) is 23.4 Å². The molecule has 0 amide bonds. The second-order valence-corrected chi connectivity index (χ2v) is 4.00. The van der Waals surface area contributed by atoms with Gasteiger partial charge in [0.05, 0.1) is 10.7 Å². The lowest BCUT2D eigenvalue weighted by Gasteiger charge is -1.96. The lowest BCUT2D eigenvalue weighted by molar-refractivity contribution is 1.01. The smallest absolute Gasteiger partial charge is 0.155 e. The molecule has 2 aromatic rings. The van der Waals surface area contributed by atoms with Crippen molar-refractivity contribution < 1.29 is 0 Å². The van der Waals surface area contributed by atoms with Crippen LogP contribution < -0.4 is 5.73 Å². The Kier molecular flexibility index (Phi) is 2.27. The minimum atomic E-state index is 0.426. The highest BCUT2D eigenvalue weighted by Crippen LogP contribution is 2.21. The molecule has 13 heavy (non-hydrogen) atoms. The number of hydrogen-bond acceptors (Lipinski definition) is 2. The molecule has 0 radical (unpaired) electrons. The number of rotatable bonds is 1. The summed E-state index contributed by atoms with van der Waals surface area (Å²) in [4.78, 5) is 4.26. The molecular formula is C8H7BrClN3. The van der Waals surface area contributed by atoms with Crippen molar-refractivity contribution in [2.45, 2.75) is 6.54 Å². The van der Waals surface area contributed by atoms with Crippen LogP contribution in [0.1, 0.15) is 5.69 Å². The highest BCUT2D eigenvalue weighted by molar-refractivity contribution is 9.10. The molecule has 0 aliphatic carbocycles. The van der Waals surface area contributed by atoms with Gasteiger partial charge in [-0.2, -0.15) is 0 Å². The molecule has 0 saturated carbocycles. The van der Waals surface area contributed by atoms with E-state index in [9.17, 15) is 0 Å². The first kappa shape index (κ1) is 8.99. The Labute approximate surface area is 88.6 Å². The summed E-state index contributed by atoms with van der Waals surface area (Å²) < 4.78 is 2.78. The average molecular weight is 261 g/mol. The summed E-state index contributed by atoms with van der Waals surface area (Å²) in [7, 11) is 0. The molecule has 68 valence electrons. The summed E-state index contributed by atoms with van der Waals surface area (Å²) in [6, 6.07) is 1.81. The van der Waals surface area contributed by atoms with Crippen LogP contribution in [0.3, 0.4) is 0 Å². The number of fused-ring (bicyclic) bond motifs is 1. The van der Waals surface area contributed by atoms with E-state index in [1.165, 1.54) is 0 Å². The topological polar surface area (TPSA) is 43.3 Å². The summed E-state index contributed by atoms with van der Waals surface area (Å²) in [5.74, 6) is 0. The number of nitrogens with zero attached hydrogens (tertiary/aromatic N) is 2. The van der Waals surface area contributed by atoms with Crippen LogP contribution in [0.15, 0.2) is 22.9 Å². The Balaban J connectivity index is 2.75. The van der Waals surface area contributed by atoms with Crippen LogP contribution in [0, 0.1) is 0 Å². The fourth-order valence-electron chi connectivity index (χ4n) is 1.17. The molecule has 3 nitrogen and oxygen atoms in total. The second kappa shape index (κ2) is 3.29. The van der Waals surface area contributed by atoms with Gasteiger partial charge >= 0.3 is 0 Å². The van der Waals surface area contributed by atoms with E-state index in [0.717, 1.165) is 15.8 Å². The van der Waals surface area contributed by atoms with Crippen molar-refractivity contribution in [3.8, 4) is 0 Å². The van der Waals surface area contributed by atoms with E-state index in [1.54, 1.807) is 0 Å². The fourth-order valence-corrected chi connectivity index (χ4v) is 2.01. The molecular weight excluding hydrogens is 253 g/mol. The van der Waals surface area contributed by atoms with Gasteiger partial charge in [-0.25, -0.2) is 4.98 Å². The zero-order chi connectivity index (χ0) is 9.42. The number of imidazole rings is 1. The largest absolute Gasteiger partial charge is 0.325 e. The first-order chi connectivity index (χ1) is 6.20. The van der Waals surface area contributed by atoms with E-state index in [4.69, 9.17) is 17.3 Å². The first-order valence-corrected chi connectivity index (χ1v) is 4.90. The maximum Gasteiger partial charge on any atom is 0.155 e. The number of pyridine rings is 1. The third-order valence-corrected chi connectivity index (χ3v) is 2.44. The molecule has 0 bridgehead atoms. The highest BCUT2D eigenvalue weighted by atomic mass is 79.9. The van der Waals surface area contributed by atoms with Crippen LogP contribution in [0.2, 0.25) is 5.02 Å². The lowest BCUT2D eigenvalue weighted by atomic mass is 10.5. The third-order valence-electron chi connectivity index (χ3n) is 1.73. The zero-order valence-corrected chi connectivity index (χ0v) is 9.01. The molecule has 0 aliphatic heterocycles. The molecule has 0 fully saturated rings. The fraction of sp³-hybridized carbons (Fsp3) is 0.125. The molecule has 5 heteroatoms. The van der Waals surface area contributed by atoms with E-state index in [-0.39, 0.29) is 0 Å². The predicted molar refractivity (Wildman–Crippen MR) is 55.8 cm³/mol. The van der Waals surface area contributed by atoms with Gasteiger partial charge < -0.3 is 10.1 Å². The standard InChI is InChI=1S/C8H7BrClN3/c9-5-1-7(10)8-12-6(2-11)4-13(8)3-5/h1,3-4H,2,11H2. The molecule has 0 saturated heterocycles. The van der Waals surface area contributed by atoms with Crippen LogP contribution in [0.5, 0.6) is 0 Å². The van der Waals surface area contributed by atoms with Crippen molar-refractivity contribution >= 4 is 33.2 Å². The summed E-state index contributed by atoms with van der Waals surface area (Å²) in [6.45, 7) is 0.426. The molecule has 0 spiro atoms. The average Bonchev–Trinajstić information content (AvgIpc) is 2.47. The number of halogens is 2. The van der Waals surface area contributed by atoms with Crippen molar-refractivity contribution in [1.82, 2.24) is 9.38 Å². The summed E-state index contributed by atoms with van der Waals surface area (Å²) in [6.07, 6.45) is 3.76. The van der Waals surface area contributed by atoms with Crippen molar-refractivity contribution in [1.29, 1.82) is 0 Å². The SMILES string of the molecule is NCc1cn2cc(Br)cc(Cl)c2n1. The Bertz CT molecular complexity index is 452. The molecule has 0 unspecified atom stereocenters. The minimum absolute atomic E-state index is 0.426. The van der Waals surface area contributed by atoms with Gasteiger partial charge in [0.1, 0.15) is 0 Å². The number of aromatic nitrogens is 2. The molecule has 2 rings (SSSR count). The van der Waals surface area contributed by atoms with Crippen LogP contribution >= 0.6 is 27.5 Å². The van der Waals surface area contributed by atoms with Gasteiger partial charge in [0.25, 0.3) is 0 Å². The van der Waals surface area contributed by atoms with Crippen LogP contribution in [-0.2, 0) is 6.54 Å². The predicted octanol–water partition coefficient (Wildman–Crippen LogP) is 2.21. The van der Waals surface area contributed by atoms with E-state index >= 15 is 0 Å². The normalized spacial score (nSPS) is 11.0.